The zero-order chi connectivity index (χ0) is 14.8. The van der Waals surface area contributed by atoms with Crippen LogP contribution in [0.5, 0.6) is 5.75 Å². The maximum Gasteiger partial charge on any atom is 0.119 e. The Hall–Kier alpha value is -0.980. The molecule has 0 amide bonds. The van der Waals surface area contributed by atoms with E-state index < -0.39 is 0 Å². The van der Waals surface area contributed by atoms with Crippen LogP contribution in [0.3, 0.4) is 0 Å². The monoisotopic (exact) mass is 276 g/mol. The normalized spacial score (nSPS) is 10.9. The van der Waals surface area contributed by atoms with E-state index >= 15 is 0 Å². The van der Waals surface area contributed by atoms with E-state index in [4.69, 9.17) is 0 Å². The molecule has 0 atom stereocenters. The number of aromatic hydroxyl groups is 1. The van der Waals surface area contributed by atoms with Gasteiger partial charge in [-0.3, -0.25) is 0 Å². The van der Waals surface area contributed by atoms with Gasteiger partial charge in [0.15, 0.2) is 0 Å². The molecule has 0 fully saturated rings. The SMILES string of the molecule is CCCCCCCc1c(O)ccc(CC)c1CCCC. The summed E-state index contributed by atoms with van der Waals surface area (Å²) in [5, 5.41) is 10.2. The molecule has 1 N–H and O–H groups in total. The number of rotatable bonds is 10. The molecule has 0 bridgehead atoms. The van der Waals surface area contributed by atoms with Crippen LogP contribution in [0.15, 0.2) is 12.1 Å². The number of phenolic OH excluding ortho intramolecular Hbond substituents is 1. The predicted molar refractivity (Wildman–Crippen MR) is 88.6 cm³/mol. The maximum absolute atomic E-state index is 10.2. The Morgan fingerprint density at radius 2 is 1.40 bits per heavy atom. The first kappa shape index (κ1) is 17.1. The summed E-state index contributed by atoms with van der Waals surface area (Å²) in [6, 6.07) is 4.01. The molecule has 0 unspecified atom stereocenters. The Balaban J connectivity index is 2.74. The molecule has 0 aliphatic heterocycles. The lowest BCUT2D eigenvalue weighted by Crippen LogP contribution is -2.01. The molecule has 0 heterocycles. The number of hydrogen-bond donors (Lipinski definition) is 1. The third-order valence-corrected chi connectivity index (χ3v) is 4.20. The first-order valence-electron chi connectivity index (χ1n) is 8.57. The first-order valence-corrected chi connectivity index (χ1v) is 8.57. The molecule has 0 saturated carbocycles. The van der Waals surface area contributed by atoms with E-state index in [1.165, 1.54) is 61.6 Å². The Bertz CT molecular complexity index is 382. The van der Waals surface area contributed by atoms with Gasteiger partial charge in [-0.15, -0.1) is 0 Å². The summed E-state index contributed by atoms with van der Waals surface area (Å²) in [6.45, 7) is 6.70. The molecule has 0 saturated heterocycles. The fourth-order valence-electron chi connectivity index (χ4n) is 2.91. The third-order valence-electron chi connectivity index (χ3n) is 4.20. The van der Waals surface area contributed by atoms with Crippen molar-refractivity contribution in [3.63, 3.8) is 0 Å². The zero-order valence-electron chi connectivity index (χ0n) is 13.7. The smallest absolute Gasteiger partial charge is 0.119 e. The summed E-state index contributed by atoms with van der Waals surface area (Å²) in [5.41, 5.74) is 4.10. The molecule has 0 aliphatic rings. The zero-order valence-corrected chi connectivity index (χ0v) is 13.7. The van der Waals surface area contributed by atoms with E-state index in [9.17, 15) is 5.11 Å². The van der Waals surface area contributed by atoms with E-state index in [0.717, 1.165) is 19.3 Å². The average Bonchev–Trinajstić information content (AvgIpc) is 2.46. The van der Waals surface area contributed by atoms with Crippen LogP contribution in [-0.4, -0.2) is 5.11 Å². The Morgan fingerprint density at radius 3 is 2.05 bits per heavy atom. The van der Waals surface area contributed by atoms with Crippen molar-refractivity contribution in [2.45, 2.75) is 85.0 Å². The Morgan fingerprint density at radius 1 is 0.750 bits per heavy atom. The van der Waals surface area contributed by atoms with Crippen molar-refractivity contribution in [3.8, 4) is 5.75 Å². The maximum atomic E-state index is 10.2. The second-order valence-electron chi connectivity index (χ2n) is 5.82. The summed E-state index contributed by atoms with van der Waals surface area (Å²) < 4.78 is 0. The van der Waals surface area contributed by atoms with Crippen molar-refractivity contribution >= 4 is 0 Å². The van der Waals surface area contributed by atoms with Crippen molar-refractivity contribution in [2.75, 3.05) is 0 Å². The minimum Gasteiger partial charge on any atom is -0.508 e. The quantitative estimate of drug-likeness (QED) is 0.535. The van der Waals surface area contributed by atoms with Crippen LogP contribution in [0.1, 0.15) is 82.4 Å². The van der Waals surface area contributed by atoms with Crippen molar-refractivity contribution in [3.05, 3.63) is 28.8 Å². The molecular weight excluding hydrogens is 244 g/mol. The van der Waals surface area contributed by atoms with E-state index in [-0.39, 0.29) is 0 Å². The topological polar surface area (TPSA) is 20.2 Å². The summed E-state index contributed by atoms with van der Waals surface area (Å²) in [6.07, 6.45) is 12.1. The van der Waals surface area contributed by atoms with E-state index in [1.54, 1.807) is 0 Å². The largest absolute Gasteiger partial charge is 0.508 e. The molecule has 1 aromatic carbocycles. The number of hydrogen-bond acceptors (Lipinski definition) is 1. The molecule has 1 rings (SSSR count). The molecular formula is C19H32O. The molecule has 1 nitrogen and oxygen atoms in total. The summed E-state index contributed by atoms with van der Waals surface area (Å²) in [7, 11) is 0. The second kappa shape index (κ2) is 9.85. The third kappa shape index (κ3) is 5.19. The van der Waals surface area contributed by atoms with E-state index in [0.29, 0.717) is 5.75 Å². The van der Waals surface area contributed by atoms with Crippen LogP contribution in [0.25, 0.3) is 0 Å². The average molecular weight is 276 g/mol. The molecule has 114 valence electrons. The van der Waals surface area contributed by atoms with Crippen LogP contribution in [0.4, 0.5) is 0 Å². The predicted octanol–water partition coefficient (Wildman–Crippen LogP) is 5.81. The number of benzene rings is 1. The van der Waals surface area contributed by atoms with Gasteiger partial charge in [-0.1, -0.05) is 58.9 Å². The lowest BCUT2D eigenvalue weighted by Gasteiger charge is -2.16. The number of aryl methyl sites for hydroxylation is 1. The van der Waals surface area contributed by atoms with Gasteiger partial charge in [0, 0.05) is 0 Å². The molecule has 1 aromatic rings. The standard InChI is InChI=1S/C19H32O/c1-4-7-9-10-11-13-18-17(12-8-5-2)16(6-3)14-15-19(18)20/h14-15,20H,4-13H2,1-3H3. The number of phenols is 1. The van der Waals surface area contributed by atoms with Crippen molar-refractivity contribution in [1.29, 1.82) is 0 Å². The van der Waals surface area contributed by atoms with Gasteiger partial charge in [-0.2, -0.15) is 0 Å². The fourth-order valence-corrected chi connectivity index (χ4v) is 2.91. The lowest BCUT2D eigenvalue weighted by atomic mass is 9.91. The van der Waals surface area contributed by atoms with Crippen molar-refractivity contribution in [1.82, 2.24) is 0 Å². The summed E-state index contributed by atoms with van der Waals surface area (Å²) in [5.74, 6) is 0.517. The highest BCUT2D eigenvalue weighted by molar-refractivity contribution is 5.44. The van der Waals surface area contributed by atoms with Crippen molar-refractivity contribution < 1.29 is 5.11 Å². The fraction of sp³-hybridized carbons (Fsp3) is 0.684. The van der Waals surface area contributed by atoms with E-state index in [2.05, 4.69) is 26.8 Å². The highest BCUT2D eigenvalue weighted by Gasteiger charge is 2.11. The number of unbranched alkanes of at least 4 members (excludes halogenated alkanes) is 5. The highest BCUT2D eigenvalue weighted by Crippen LogP contribution is 2.28. The Kier molecular flexibility index (Phi) is 8.41. The second-order valence-corrected chi connectivity index (χ2v) is 5.82. The van der Waals surface area contributed by atoms with Gasteiger partial charge >= 0.3 is 0 Å². The van der Waals surface area contributed by atoms with Crippen LogP contribution < -0.4 is 0 Å². The van der Waals surface area contributed by atoms with Gasteiger partial charge in [0.25, 0.3) is 0 Å². The minimum absolute atomic E-state index is 0.517. The molecule has 0 aromatic heterocycles. The van der Waals surface area contributed by atoms with Crippen molar-refractivity contribution in [2.24, 2.45) is 0 Å². The first-order chi connectivity index (χ1) is 9.74. The highest BCUT2D eigenvalue weighted by atomic mass is 16.3. The summed E-state index contributed by atoms with van der Waals surface area (Å²) >= 11 is 0. The van der Waals surface area contributed by atoms with Crippen LogP contribution in [-0.2, 0) is 19.3 Å². The molecule has 0 radical (unpaired) electrons. The van der Waals surface area contributed by atoms with Crippen LogP contribution in [0, 0.1) is 0 Å². The molecule has 20 heavy (non-hydrogen) atoms. The lowest BCUT2D eigenvalue weighted by molar-refractivity contribution is 0.464. The minimum atomic E-state index is 0.517. The van der Waals surface area contributed by atoms with Gasteiger partial charge in [-0.25, -0.2) is 0 Å². The van der Waals surface area contributed by atoms with Gasteiger partial charge in [0.1, 0.15) is 5.75 Å². The van der Waals surface area contributed by atoms with Gasteiger partial charge in [0.05, 0.1) is 0 Å². The van der Waals surface area contributed by atoms with Gasteiger partial charge in [0.2, 0.25) is 0 Å². The molecule has 1 heteroatoms. The summed E-state index contributed by atoms with van der Waals surface area (Å²) in [4.78, 5) is 0. The van der Waals surface area contributed by atoms with Gasteiger partial charge in [-0.05, 0) is 54.9 Å². The van der Waals surface area contributed by atoms with Crippen LogP contribution in [0.2, 0.25) is 0 Å². The molecule has 0 spiro atoms. The molecule has 0 aliphatic carbocycles. The van der Waals surface area contributed by atoms with Crippen LogP contribution >= 0.6 is 0 Å². The Labute approximate surface area is 125 Å². The van der Waals surface area contributed by atoms with E-state index in [1.807, 2.05) is 6.07 Å². The van der Waals surface area contributed by atoms with Gasteiger partial charge < -0.3 is 5.11 Å².